The zero-order valence-corrected chi connectivity index (χ0v) is 13.4. The van der Waals surface area contributed by atoms with E-state index in [1.165, 1.54) is 0 Å². The molecule has 2 rings (SSSR count). The van der Waals surface area contributed by atoms with E-state index in [2.05, 4.69) is 15.9 Å². The third-order valence-corrected chi connectivity index (χ3v) is 3.75. The van der Waals surface area contributed by atoms with E-state index in [0.29, 0.717) is 23.9 Å². The zero-order chi connectivity index (χ0) is 14.5. The molecule has 0 amide bonds. The van der Waals surface area contributed by atoms with Crippen LogP contribution in [0.5, 0.6) is 11.5 Å². The number of methoxy groups -OCH3 is 1. The van der Waals surface area contributed by atoms with Gasteiger partial charge in [0.1, 0.15) is 18.1 Å². The normalized spacial score (nSPS) is 10.4. The van der Waals surface area contributed by atoms with Crippen LogP contribution < -0.4 is 15.2 Å². The van der Waals surface area contributed by atoms with Crippen molar-refractivity contribution in [3.63, 3.8) is 0 Å². The summed E-state index contributed by atoms with van der Waals surface area (Å²) in [4.78, 5) is 0. The van der Waals surface area contributed by atoms with E-state index < -0.39 is 0 Å². The molecule has 0 heterocycles. The molecule has 0 saturated heterocycles. The van der Waals surface area contributed by atoms with Gasteiger partial charge in [0.2, 0.25) is 0 Å². The molecule has 0 spiro atoms. The van der Waals surface area contributed by atoms with Crippen molar-refractivity contribution in [2.75, 3.05) is 7.11 Å². The lowest BCUT2D eigenvalue weighted by Gasteiger charge is -2.13. The van der Waals surface area contributed by atoms with Gasteiger partial charge in [-0.2, -0.15) is 0 Å². The first kappa shape index (κ1) is 15.2. The Labute approximate surface area is 131 Å². The van der Waals surface area contributed by atoms with Crippen LogP contribution in [0.1, 0.15) is 11.1 Å². The topological polar surface area (TPSA) is 44.5 Å². The van der Waals surface area contributed by atoms with Crippen LogP contribution in [0, 0.1) is 0 Å². The van der Waals surface area contributed by atoms with E-state index in [1.807, 2.05) is 30.3 Å². The summed E-state index contributed by atoms with van der Waals surface area (Å²) in [6, 6.07) is 11.3. The van der Waals surface area contributed by atoms with E-state index in [-0.39, 0.29) is 0 Å². The molecule has 5 heteroatoms. The molecule has 2 aromatic carbocycles. The Morgan fingerprint density at radius 2 is 2.00 bits per heavy atom. The van der Waals surface area contributed by atoms with Crippen LogP contribution in [0.3, 0.4) is 0 Å². The van der Waals surface area contributed by atoms with Crippen molar-refractivity contribution in [1.82, 2.24) is 0 Å². The molecule has 0 aliphatic carbocycles. The highest BCUT2D eigenvalue weighted by Crippen LogP contribution is 2.28. The molecule has 20 heavy (non-hydrogen) atoms. The van der Waals surface area contributed by atoms with E-state index in [9.17, 15) is 0 Å². The third kappa shape index (κ3) is 3.45. The second kappa shape index (κ2) is 6.97. The van der Waals surface area contributed by atoms with Crippen LogP contribution in [0.15, 0.2) is 40.9 Å². The lowest BCUT2D eigenvalue weighted by Crippen LogP contribution is -2.04. The predicted molar refractivity (Wildman–Crippen MR) is 84.4 cm³/mol. The first-order valence-electron chi connectivity index (χ1n) is 6.08. The number of rotatable bonds is 5. The number of nitrogens with two attached hydrogens (primary N) is 1. The average Bonchev–Trinajstić information content (AvgIpc) is 2.45. The molecule has 2 N–H and O–H groups in total. The van der Waals surface area contributed by atoms with Crippen molar-refractivity contribution >= 4 is 27.5 Å². The van der Waals surface area contributed by atoms with Crippen LogP contribution >= 0.6 is 27.5 Å². The minimum atomic E-state index is 0.338. The van der Waals surface area contributed by atoms with E-state index in [1.54, 1.807) is 13.2 Å². The maximum absolute atomic E-state index is 6.10. The standard InChI is InChI=1S/C15H15BrClNO2/c1-19-14-6-5-11(16)7-10(14)9-20-15-4-2-3-13(17)12(15)8-18/h2-7H,8-9,18H2,1H3. The van der Waals surface area contributed by atoms with Crippen LogP contribution in [0.4, 0.5) is 0 Å². The number of benzene rings is 2. The van der Waals surface area contributed by atoms with Gasteiger partial charge in [-0.05, 0) is 30.3 Å². The molecule has 0 saturated carbocycles. The maximum atomic E-state index is 6.10. The van der Waals surface area contributed by atoms with Gasteiger partial charge in [0.05, 0.1) is 7.11 Å². The highest BCUT2D eigenvalue weighted by Gasteiger charge is 2.09. The lowest BCUT2D eigenvalue weighted by molar-refractivity contribution is 0.294. The van der Waals surface area contributed by atoms with Gasteiger partial charge in [-0.15, -0.1) is 0 Å². The molecule has 2 aromatic rings. The molecule has 3 nitrogen and oxygen atoms in total. The van der Waals surface area contributed by atoms with Gasteiger partial charge < -0.3 is 15.2 Å². The first-order chi connectivity index (χ1) is 9.65. The van der Waals surface area contributed by atoms with Crippen molar-refractivity contribution in [2.45, 2.75) is 13.2 Å². The predicted octanol–water partition coefficient (Wildman–Crippen LogP) is 4.15. The second-order valence-corrected chi connectivity index (χ2v) is 5.49. The summed E-state index contributed by atoms with van der Waals surface area (Å²) in [5.41, 5.74) is 7.46. The Balaban J connectivity index is 2.21. The summed E-state index contributed by atoms with van der Waals surface area (Å²) in [5, 5.41) is 0.617. The molecule has 0 aromatic heterocycles. The van der Waals surface area contributed by atoms with Gasteiger partial charge in [0.25, 0.3) is 0 Å². The molecule has 0 bridgehead atoms. The molecule has 0 unspecified atom stereocenters. The average molecular weight is 357 g/mol. The smallest absolute Gasteiger partial charge is 0.125 e. The summed E-state index contributed by atoms with van der Waals surface area (Å²) in [6.07, 6.45) is 0. The lowest BCUT2D eigenvalue weighted by atomic mass is 10.2. The summed E-state index contributed by atoms with van der Waals surface area (Å²) < 4.78 is 12.1. The van der Waals surface area contributed by atoms with Crippen molar-refractivity contribution in [2.24, 2.45) is 5.73 Å². The highest BCUT2D eigenvalue weighted by molar-refractivity contribution is 9.10. The van der Waals surface area contributed by atoms with Gasteiger partial charge in [0.15, 0.2) is 0 Å². The Kier molecular flexibility index (Phi) is 5.29. The quantitative estimate of drug-likeness (QED) is 0.875. The first-order valence-corrected chi connectivity index (χ1v) is 7.25. The summed E-state index contributed by atoms with van der Waals surface area (Å²) in [5.74, 6) is 1.48. The Morgan fingerprint density at radius 1 is 1.20 bits per heavy atom. The highest BCUT2D eigenvalue weighted by atomic mass is 79.9. The van der Waals surface area contributed by atoms with E-state index in [4.69, 9.17) is 26.8 Å². The molecule has 106 valence electrons. The SMILES string of the molecule is COc1ccc(Br)cc1COc1cccc(Cl)c1CN. The van der Waals surface area contributed by atoms with Crippen molar-refractivity contribution < 1.29 is 9.47 Å². The van der Waals surface area contributed by atoms with Crippen molar-refractivity contribution in [3.05, 3.63) is 57.0 Å². The summed E-state index contributed by atoms with van der Waals surface area (Å²) in [7, 11) is 1.64. The molecular formula is C15H15BrClNO2. The van der Waals surface area contributed by atoms with Crippen LogP contribution in [0.2, 0.25) is 5.02 Å². The second-order valence-electron chi connectivity index (χ2n) is 4.17. The number of ether oxygens (including phenoxy) is 2. The monoisotopic (exact) mass is 355 g/mol. The van der Waals surface area contributed by atoms with Gasteiger partial charge in [-0.1, -0.05) is 33.6 Å². The number of hydrogen-bond acceptors (Lipinski definition) is 3. The van der Waals surface area contributed by atoms with Crippen LogP contribution in [0.25, 0.3) is 0 Å². The Hall–Kier alpha value is -1.23. The largest absolute Gasteiger partial charge is 0.496 e. The summed E-state index contributed by atoms with van der Waals surface area (Å²) in [6.45, 7) is 0.723. The fourth-order valence-electron chi connectivity index (χ4n) is 1.89. The van der Waals surface area contributed by atoms with Gasteiger partial charge in [0, 0.05) is 27.2 Å². The Bertz CT molecular complexity index is 602. The van der Waals surface area contributed by atoms with E-state index >= 15 is 0 Å². The minimum Gasteiger partial charge on any atom is -0.496 e. The Morgan fingerprint density at radius 3 is 2.70 bits per heavy atom. The fourth-order valence-corrected chi connectivity index (χ4v) is 2.54. The van der Waals surface area contributed by atoms with E-state index in [0.717, 1.165) is 21.3 Å². The number of hydrogen-bond donors (Lipinski definition) is 1. The molecule has 0 radical (unpaired) electrons. The zero-order valence-electron chi connectivity index (χ0n) is 11.0. The fraction of sp³-hybridized carbons (Fsp3) is 0.200. The third-order valence-electron chi connectivity index (χ3n) is 2.91. The van der Waals surface area contributed by atoms with Gasteiger partial charge in [-0.25, -0.2) is 0 Å². The van der Waals surface area contributed by atoms with Gasteiger partial charge in [-0.3, -0.25) is 0 Å². The number of halogens is 2. The van der Waals surface area contributed by atoms with Crippen LogP contribution in [-0.4, -0.2) is 7.11 Å². The van der Waals surface area contributed by atoms with Gasteiger partial charge >= 0.3 is 0 Å². The maximum Gasteiger partial charge on any atom is 0.125 e. The molecule has 0 aliphatic heterocycles. The summed E-state index contributed by atoms with van der Waals surface area (Å²) >= 11 is 9.54. The molecule has 0 fully saturated rings. The molecule has 0 aliphatic rings. The molecular weight excluding hydrogens is 342 g/mol. The minimum absolute atomic E-state index is 0.338. The molecule has 0 atom stereocenters. The van der Waals surface area contributed by atoms with Crippen molar-refractivity contribution in [1.29, 1.82) is 0 Å². The van der Waals surface area contributed by atoms with Crippen molar-refractivity contribution in [3.8, 4) is 11.5 Å². The van der Waals surface area contributed by atoms with Crippen LogP contribution in [-0.2, 0) is 13.2 Å².